The zero-order valence-electron chi connectivity index (χ0n) is 14.6. The molecule has 1 saturated heterocycles. The fourth-order valence-corrected chi connectivity index (χ4v) is 2.78. The molecule has 1 heterocycles. The second-order valence-corrected chi connectivity index (χ2v) is 6.38. The van der Waals surface area contributed by atoms with Crippen LogP contribution >= 0.6 is 0 Å². The van der Waals surface area contributed by atoms with E-state index in [1.54, 1.807) is 24.3 Å². The first-order valence-electron chi connectivity index (χ1n) is 8.19. The standard InChI is InChI=1S/C18H26N2O4/c1-14(21)15-4-6-16(7-5-15)24-12-17(22)19-13-18(20(2)3)8-10-23-11-9-18/h4-7H,8-13H2,1-3H3,(H,19,22). The molecule has 0 radical (unpaired) electrons. The summed E-state index contributed by atoms with van der Waals surface area (Å²) in [7, 11) is 4.06. The first-order chi connectivity index (χ1) is 11.4. The van der Waals surface area contributed by atoms with Crippen LogP contribution in [0, 0.1) is 0 Å². The van der Waals surface area contributed by atoms with Crippen molar-refractivity contribution in [2.45, 2.75) is 25.3 Å². The van der Waals surface area contributed by atoms with Crippen LogP contribution in [0.4, 0.5) is 0 Å². The predicted octanol–water partition coefficient (Wildman–Crippen LogP) is 1.49. The number of carbonyl (C=O) groups is 2. The number of nitrogens with zero attached hydrogens (tertiary/aromatic N) is 1. The highest BCUT2D eigenvalue weighted by molar-refractivity contribution is 5.94. The van der Waals surface area contributed by atoms with Gasteiger partial charge in [-0.25, -0.2) is 0 Å². The molecule has 1 aliphatic rings. The lowest BCUT2D eigenvalue weighted by atomic mass is 9.88. The van der Waals surface area contributed by atoms with E-state index < -0.39 is 0 Å². The van der Waals surface area contributed by atoms with E-state index in [9.17, 15) is 9.59 Å². The lowest BCUT2D eigenvalue weighted by molar-refractivity contribution is -0.124. The fourth-order valence-electron chi connectivity index (χ4n) is 2.78. The van der Waals surface area contributed by atoms with Crippen LogP contribution in [0.3, 0.4) is 0 Å². The normalized spacial score (nSPS) is 16.7. The summed E-state index contributed by atoms with van der Waals surface area (Å²) in [5.41, 5.74) is 0.566. The van der Waals surface area contributed by atoms with Crippen molar-refractivity contribution in [2.75, 3.05) is 40.5 Å². The molecule has 24 heavy (non-hydrogen) atoms. The Morgan fingerprint density at radius 1 is 1.21 bits per heavy atom. The van der Waals surface area contributed by atoms with E-state index in [4.69, 9.17) is 9.47 Å². The van der Waals surface area contributed by atoms with Crippen molar-refractivity contribution in [3.63, 3.8) is 0 Å². The molecule has 1 fully saturated rings. The van der Waals surface area contributed by atoms with E-state index >= 15 is 0 Å². The Morgan fingerprint density at radius 2 is 1.83 bits per heavy atom. The van der Waals surface area contributed by atoms with Crippen molar-refractivity contribution in [1.29, 1.82) is 0 Å². The molecule has 1 N–H and O–H groups in total. The fraction of sp³-hybridized carbons (Fsp3) is 0.556. The number of Topliss-reactive ketones (excluding diaryl/α,β-unsaturated/α-hetero) is 1. The third kappa shape index (κ3) is 4.79. The first-order valence-corrected chi connectivity index (χ1v) is 8.19. The molecule has 1 aromatic rings. The van der Waals surface area contributed by atoms with Gasteiger partial charge >= 0.3 is 0 Å². The summed E-state index contributed by atoms with van der Waals surface area (Å²) in [5, 5.41) is 2.96. The summed E-state index contributed by atoms with van der Waals surface area (Å²) in [5.74, 6) is 0.423. The number of hydrogen-bond acceptors (Lipinski definition) is 5. The zero-order valence-corrected chi connectivity index (χ0v) is 14.6. The van der Waals surface area contributed by atoms with Crippen LogP contribution in [-0.2, 0) is 9.53 Å². The Kier molecular flexibility index (Phi) is 6.34. The minimum Gasteiger partial charge on any atom is -0.484 e. The monoisotopic (exact) mass is 334 g/mol. The molecule has 0 bridgehead atoms. The van der Waals surface area contributed by atoms with Crippen LogP contribution < -0.4 is 10.1 Å². The molecule has 1 aliphatic heterocycles. The van der Waals surface area contributed by atoms with Crippen molar-refractivity contribution in [3.05, 3.63) is 29.8 Å². The SMILES string of the molecule is CC(=O)c1ccc(OCC(=O)NCC2(N(C)C)CCOCC2)cc1. The molecule has 0 unspecified atom stereocenters. The van der Waals surface area contributed by atoms with Gasteiger partial charge in [-0.05, 0) is 58.1 Å². The van der Waals surface area contributed by atoms with Gasteiger partial charge in [0, 0.05) is 30.9 Å². The lowest BCUT2D eigenvalue weighted by Gasteiger charge is -2.42. The molecule has 0 saturated carbocycles. The van der Waals surface area contributed by atoms with Gasteiger partial charge in [-0.2, -0.15) is 0 Å². The summed E-state index contributed by atoms with van der Waals surface area (Å²) in [4.78, 5) is 25.4. The first kappa shape index (κ1) is 18.4. The van der Waals surface area contributed by atoms with Gasteiger partial charge in [0.1, 0.15) is 5.75 Å². The molecule has 0 aliphatic carbocycles. The molecule has 0 atom stereocenters. The summed E-state index contributed by atoms with van der Waals surface area (Å²) in [6.45, 7) is 3.48. The van der Waals surface area contributed by atoms with Gasteiger partial charge in [0.15, 0.2) is 12.4 Å². The maximum absolute atomic E-state index is 12.1. The number of nitrogens with one attached hydrogen (secondary N) is 1. The summed E-state index contributed by atoms with van der Waals surface area (Å²) >= 11 is 0. The number of hydrogen-bond donors (Lipinski definition) is 1. The molecule has 132 valence electrons. The Hall–Kier alpha value is -1.92. The van der Waals surface area contributed by atoms with Crippen molar-refractivity contribution in [2.24, 2.45) is 0 Å². The second-order valence-electron chi connectivity index (χ2n) is 6.38. The third-order valence-corrected chi connectivity index (χ3v) is 4.62. The van der Waals surface area contributed by atoms with Gasteiger partial charge in [0.25, 0.3) is 5.91 Å². The molecule has 6 heteroatoms. The summed E-state index contributed by atoms with van der Waals surface area (Å²) in [6.07, 6.45) is 1.79. The van der Waals surface area contributed by atoms with Gasteiger partial charge < -0.3 is 19.7 Å². The Morgan fingerprint density at radius 3 is 2.38 bits per heavy atom. The number of rotatable bonds is 7. The largest absolute Gasteiger partial charge is 0.484 e. The van der Waals surface area contributed by atoms with Crippen molar-refractivity contribution < 1.29 is 19.1 Å². The van der Waals surface area contributed by atoms with E-state index in [0.717, 1.165) is 12.8 Å². The quantitative estimate of drug-likeness (QED) is 0.765. The average molecular weight is 334 g/mol. The Balaban J connectivity index is 1.81. The predicted molar refractivity (Wildman–Crippen MR) is 91.4 cm³/mol. The molecule has 1 aromatic carbocycles. The highest BCUT2D eigenvalue weighted by Gasteiger charge is 2.35. The number of likely N-dealkylation sites (N-methyl/N-ethyl adjacent to an activating group) is 1. The van der Waals surface area contributed by atoms with Crippen LogP contribution in [0.5, 0.6) is 5.75 Å². The third-order valence-electron chi connectivity index (χ3n) is 4.62. The Bertz CT molecular complexity index is 563. The maximum Gasteiger partial charge on any atom is 0.258 e. The average Bonchev–Trinajstić information content (AvgIpc) is 2.59. The summed E-state index contributed by atoms with van der Waals surface area (Å²) < 4.78 is 10.9. The van der Waals surface area contributed by atoms with E-state index in [1.807, 2.05) is 14.1 Å². The van der Waals surface area contributed by atoms with Gasteiger partial charge in [-0.1, -0.05) is 0 Å². The van der Waals surface area contributed by atoms with Crippen molar-refractivity contribution in [1.82, 2.24) is 10.2 Å². The molecule has 0 aromatic heterocycles. The van der Waals surface area contributed by atoms with E-state index in [0.29, 0.717) is 31.1 Å². The van der Waals surface area contributed by atoms with Crippen LogP contribution in [0.15, 0.2) is 24.3 Å². The zero-order chi connectivity index (χ0) is 17.6. The van der Waals surface area contributed by atoms with E-state index in [2.05, 4.69) is 10.2 Å². The molecule has 2 rings (SSSR count). The smallest absolute Gasteiger partial charge is 0.258 e. The van der Waals surface area contributed by atoms with Crippen molar-refractivity contribution >= 4 is 11.7 Å². The highest BCUT2D eigenvalue weighted by Crippen LogP contribution is 2.25. The highest BCUT2D eigenvalue weighted by atomic mass is 16.5. The van der Waals surface area contributed by atoms with Gasteiger partial charge in [0.2, 0.25) is 0 Å². The molecule has 6 nitrogen and oxygen atoms in total. The van der Waals surface area contributed by atoms with Gasteiger partial charge in [-0.15, -0.1) is 0 Å². The summed E-state index contributed by atoms with van der Waals surface area (Å²) in [6, 6.07) is 6.78. The molecule has 1 amide bonds. The number of ether oxygens (including phenoxy) is 2. The second kappa shape index (κ2) is 8.26. The maximum atomic E-state index is 12.1. The topological polar surface area (TPSA) is 67.9 Å². The number of ketones is 1. The van der Waals surface area contributed by atoms with Crippen LogP contribution in [-0.4, -0.2) is 62.6 Å². The molecular formula is C18H26N2O4. The van der Waals surface area contributed by atoms with E-state index in [-0.39, 0.29) is 23.8 Å². The van der Waals surface area contributed by atoms with Gasteiger partial charge in [-0.3, -0.25) is 9.59 Å². The van der Waals surface area contributed by atoms with Crippen LogP contribution in [0.25, 0.3) is 0 Å². The minimum absolute atomic E-state index is 0.00439. The number of amides is 1. The van der Waals surface area contributed by atoms with Gasteiger partial charge in [0.05, 0.1) is 0 Å². The van der Waals surface area contributed by atoms with Crippen molar-refractivity contribution in [3.8, 4) is 5.75 Å². The van der Waals surface area contributed by atoms with Crippen LogP contribution in [0.1, 0.15) is 30.1 Å². The van der Waals surface area contributed by atoms with Crippen LogP contribution in [0.2, 0.25) is 0 Å². The minimum atomic E-state index is -0.154. The Labute approximate surface area is 143 Å². The van der Waals surface area contributed by atoms with E-state index in [1.165, 1.54) is 6.92 Å². The molecular weight excluding hydrogens is 308 g/mol. The lowest BCUT2D eigenvalue weighted by Crippen LogP contribution is -2.56. The number of carbonyl (C=O) groups excluding carboxylic acids is 2. The molecule has 0 spiro atoms. The number of benzene rings is 1.